The summed E-state index contributed by atoms with van der Waals surface area (Å²) in [4.78, 5) is 9.72. The number of fused-ring (bicyclic) bond motifs is 9. The Kier molecular flexibility index (Phi) is 4.80. The first-order valence-corrected chi connectivity index (χ1v) is 14.7. The second-order valence-electron chi connectivity index (χ2n) is 10.5. The van der Waals surface area contributed by atoms with Crippen LogP contribution in [-0.4, -0.2) is 9.97 Å². The Balaban J connectivity index is 1.51. The molecule has 2 nitrogen and oxygen atoms in total. The predicted molar refractivity (Wildman–Crippen MR) is 176 cm³/mol. The molecule has 9 rings (SSSR count). The van der Waals surface area contributed by atoms with Crippen LogP contribution in [0.4, 0.5) is 0 Å². The van der Waals surface area contributed by atoms with E-state index in [0.717, 1.165) is 11.2 Å². The molecular weight excluding hydrogens is 516 g/mol. The molecule has 0 amide bonds. The number of aromatic nitrogens is 2. The van der Waals surface area contributed by atoms with Gasteiger partial charge in [-0.3, -0.25) is 4.98 Å². The van der Waals surface area contributed by atoms with E-state index in [2.05, 4.69) is 126 Å². The molecule has 6 aromatic carbocycles. The van der Waals surface area contributed by atoms with E-state index in [4.69, 9.17) is 4.98 Å². The van der Waals surface area contributed by atoms with Crippen LogP contribution in [0.5, 0.6) is 0 Å². The Labute approximate surface area is 240 Å². The van der Waals surface area contributed by atoms with Crippen molar-refractivity contribution in [3.63, 3.8) is 0 Å². The van der Waals surface area contributed by atoms with Gasteiger partial charge in [0.25, 0.3) is 0 Å². The summed E-state index contributed by atoms with van der Waals surface area (Å²) in [6.07, 6.45) is 3.75. The van der Waals surface area contributed by atoms with Crippen molar-refractivity contribution in [2.45, 2.75) is 0 Å². The van der Waals surface area contributed by atoms with E-state index in [9.17, 15) is 0 Å². The van der Waals surface area contributed by atoms with Crippen molar-refractivity contribution in [3.8, 4) is 22.4 Å². The second kappa shape index (κ2) is 8.69. The number of nitrogens with zero attached hydrogens (tertiary/aromatic N) is 2. The Bertz CT molecular complexity index is 2420. The van der Waals surface area contributed by atoms with Crippen LogP contribution in [0.1, 0.15) is 0 Å². The lowest BCUT2D eigenvalue weighted by Gasteiger charge is -2.19. The second-order valence-corrected chi connectivity index (χ2v) is 11.6. The maximum absolute atomic E-state index is 5.43. The van der Waals surface area contributed by atoms with Crippen molar-refractivity contribution < 1.29 is 0 Å². The molecule has 0 spiro atoms. The molecule has 41 heavy (non-hydrogen) atoms. The maximum atomic E-state index is 5.43. The summed E-state index contributed by atoms with van der Waals surface area (Å²) >= 11 is 1.88. The molecular formula is C38H22N2S. The van der Waals surface area contributed by atoms with Gasteiger partial charge in [-0.05, 0) is 56.9 Å². The van der Waals surface area contributed by atoms with Crippen LogP contribution in [-0.2, 0) is 0 Å². The van der Waals surface area contributed by atoms with Crippen molar-refractivity contribution >= 4 is 74.7 Å². The molecule has 0 saturated carbocycles. The number of hydrogen-bond donors (Lipinski definition) is 0. The molecule has 0 bridgehead atoms. The fourth-order valence-corrected chi connectivity index (χ4v) is 7.88. The lowest BCUT2D eigenvalue weighted by atomic mass is 9.86. The van der Waals surface area contributed by atoms with Gasteiger partial charge in [0.15, 0.2) is 0 Å². The van der Waals surface area contributed by atoms with Crippen molar-refractivity contribution in [1.82, 2.24) is 9.97 Å². The zero-order valence-corrected chi connectivity index (χ0v) is 22.8. The minimum Gasteiger partial charge on any atom is -0.265 e. The standard InChI is InChI=1S/C38H22N2S/c1-3-12-27-25(10-1)34(23-19-21-39-22-20-23)26-11-2-4-13-28(26)35(27)37-31-18-17-29-24-9-6-8-16-33(24)41-38(29)36(31)30-14-5-7-15-32(30)40-37/h1-22H. The van der Waals surface area contributed by atoms with Crippen LogP contribution >= 0.6 is 11.3 Å². The minimum absolute atomic E-state index is 1.02. The largest absolute Gasteiger partial charge is 0.265 e. The average molecular weight is 539 g/mol. The quantitative estimate of drug-likeness (QED) is 0.162. The molecule has 9 aromatic rings. The summed E-state index contributed by atoms with van der Waals surface area (Å²) in [5.41, 5.74) is 5.64. The molecule has 0 fully saturated rings. The molecule has 0 atom stereocenters. The molecule has 0 aliphatic rings. The third kappa shape index (κ3) is 3.24. The fourth-order valence-electron chi connectivity index (χ4n) is 6.62. The van der Waals surface area contributed by atoms with Gasteiger partial charge in [-0.15, -0.1) is 11.3 Å². The molecule has 0 aliphatic carbocycles. The SMILES string of the molecule is c1ccc2c(c1)nc(-c1c3ccccc3c(-c3ccncc3)c3ccccc13)c1ccc3c4ccccc4sc3c12. The van der Waals surface area contributed by atoms with Gasteiger partial charge in [-0.1, -0.05) is 97.1 Å². The van der Waals surface area contributed by atoms with Crippen LogP contribution in [0, 0.1) is 0 Å². The highest BCUT2D eigenvalue weighted by atomic mass is 32.1. The highest BCUT2D eigenvalue weighted by Gasteiger charge is 2.21. The topological polar surface area (TPSA) is 25.8 Å². The molecule has 0 N–H and O–H groups in total. The van der Waals surface area contributed by atoms with Gasteiger partial charge in [-0.25, -0.2) is 4.98 Å². The van der Waals surface area contributed by atoms with Gasteiger partial charge in [0, 0.05) is 54.3 Å². The fraction of sp³-hybridized carbons (Fsp3) is 0. The van der Waals surface area contributed by atoms with Crippen LogP contribution in [0.15, 0.2) is 134 Å². The Morgan fingerprint density at radius 3 is 1.71 bits per heavy atom. The summed E-state index contributed by atoms with van der Waals surface area (Å²) in [5, 5.41) is 11.2. The summed E-state index contributed by atoms with van der Waals surface area (Å²) in [7, 11) is 0. The zero-order chi connectivity index (χ0) is 26.9. The average Bonchev–Trinajstić information content (AvgIpc) is 3.42. The van der Waals surface area contributed by atoms with E-state index >= 15 is 0 Å². The van der Waals surface area contributed by atoms with Crippen LogP contribution < -0.4 is 0 Å². The summed E-state index contributed by atoms with van der Waals surface area (Å²) in [5.74, 6) is 0. The van der Waals surface area contributed by atoms with Crippen molar-refractivity contribution in [2.75, 3.05) is 0 Å². The number of rotatable bonds is 2. The first-order chi connectivity index (χ1) is 20.4. The lowest BCUT2D eigenvalue weighted by molar-refractivity contribution is 1.33. The number of hydrogen-bond acceptors (Lipinski definition) is 3. The van der Waals surface area contributed by atoms with Crippen LogP contribution in [0.2, 0.25) is 0 Å². The Morgan fingerprint density at radius 2 is 1.00 bits per heavy atom. The summed E-state index contributed by atoms with van der Waals surface area (Å²) in [6, 6.07) is 43.7. The Hall–Kier alpha value is -5.12. The third-order valence-electron chi connectivity index (χ3n) is 8.34. The maximum Gasteiger partial charge on any atom is 0.0801 e. The first-order valence-electron chi connectivity index (χ1n) is 13.8. The van der Waals surface area contributed by atoms with Crippen molar-refractivity contribution in [2.24, 2.45) is 0 Å². The monoisotopic (exact) mass is 538 g/mol. The summed E-state index contributed by atoms with van der Waals surface area (Å²) in [6.45, 7) is 0. The molecule has 3 heteroatoms. The van der Waals surface area contributed by atoms with Gasteiger partial charge in [0.05, 0.1) is 11.2 Å². The molecule has 0 saturated heterocycles. The Morgan fingerprint density at radius 1 is 0.439 bits per heavy atom. The van der Waals surface area contributed by atoms with Crippen molar-refractivity contribution in [1.29, 1.82) is 0 Å². The first kappa shape index (κ1) is 22.7. The van der Waals surface area contributed by atoms with E-state index < -0.39 is 0 Å². The van der Waals surface area contributed by atoms with Gasteiger partial charge in [0.1, 0.15) is 0 Å². The lowest BCUT2D eigenvalue weighted by Crippen LogP contribution is -1.95. The van der Waals surface area contributed by atoms with E-state index in [0.29, 0.717) is 0 Å². The molecule has 0 aliphatic heterocycles. The van der Waals surface area contributed by atoms with Gasteiger partial charge in [-0.2, -0.15) is 0 Å². The normalized spacial score (nSPS) is 11.9. The van der Waals surface area contributed by atoms with Gasteiger partial charge >= 0.3 is 0 Å². The third-order valence-corrected chi connectivity index (χ3v) is 9.55. The highest BCUT2D eigenvalue weighted by Crippen LogP contribution is 2.47. The van der Waals surface area contributed by atoms with Crippen LogP contribution in [0.3, 0.4) is 0 Å². The molecule has 190 valence electrons. The smallest absolute Gasteiger partial charge is 0.0801 e. The van der Waals surface area contributed by atoms with Gasteiger partial charge < -0.3 is 0 Å². The van der Waals surface area contributed by atoms with E-state index in [1.807, 2.05) is 23.7 Å². The molecule has 0 unspecified atom stereocenters. The molecule has 3 heterocycles. The number of para-hydroxylation sites is 1. The van der Waals surface area contributed by atoms with E-state index in [1.54, 1.807) is 0 Å². The van der Waals surface area contributed by atoms with E-state index in [-0.39, 0.29) is 0 Å². The zero-order valence-electron chi connectivity index (χ0n) is 22.0. The van der Waals surface area contributed by atoms with Crippen molar-refractivity contribution in [3.05, 3.63) is 134 Å². The molecule has 3 aromatic heterocycles. The number of benzene rings is 6. The number of pyridine rings is 2. The molecule has 0 radical (unpaired) electrons. The summed E-state index contributed by atoms with van der Waals surface area (Å²) < 4.78 is 2.64. The predicted octanol–water partition coefficient (Wildman–Crippen LogP) is 10.8. The van der Waals surface area contributed by atoms with Gasteiger partial charge in [0.2, 0.25) is 0 Å². The minimum atomic E-state index is 1.02. The van der Waals surface area contributed by atoms with Crippen LogP contribution in [0.25, 0.3) is 85.8 Å². The number of thiophene rings is 1. The highest BCUT2D eigenvalue weighted by molar-refractivity contribution is 7.26. The van der Waals surface area contributed by atoms with E-state index in [1.165, 1.54) is 74.6 Å².